The Kier molecular flexibility index (Phi) is 7.15. The van der Waals surface area contributed by atoms with Crippen LogP contribution in [0.3, 0.4) is 0 Å². The van der Waals surface area contributed by atoms with Gasteiger partial charge in [0.25, 0.3) is 0 Å². The van der Waals surface area contributed by atoms with Gasteiger partial charge in [-0.2, -0.15) is 0 Å². The minimum Gasteiger partial charge on any atom is -0.505 e. The van der Waals surface area contributed by atoms with Gasteiger partial charge in [-0.05, 0) is 25.3 Å². The quantitative estimate of drug-likeness (QED) is 0.309. The average molecular weight is 441 g/mol. The maximum absolute atomic E-state index is 13.3. The molecule has 1 amide bonds. The van der Waals surface area contributed by atoms with Crippen molar-refractivity contribution in [3.05, 3.63) is 53.1 Å². The van der Waals surface area contributed by atoms with Gasteiger partial charge in [-0.3, -0.25) is 9.59 Å². The molecule has 0 atom stereocenters. The van der Waals surface area contributed by atoms with Crippen LogP contribution in [-0.2, 0) is 11.4 Å². The normalized spacial score (nSPS) is 15.2. The maximum atomic E-state index is 13.3. The van der Waals surface area contributed by atoms with E-state index in [1.807, 2.05) is 6.07 Å². The van der Waals surface area contributed by atoms with Crippen LogP contribution in [0, 0.1) is 5.41 Å². The highest BCUT2D eigenvalue weighted by Crippen LogP contribution is 2.44. The Bertz CT molecular complexity index is 1010. The van der Waals surface area contributed by atoms with E-state index in [1.165, 1.54) is 0 Å². The lowest BCUT2D eigenvalue weighted by molar-refractivity contribution is -0.116. The van der Waals surface area contributed by atoms with E-state index in [9.17, 15) is 34.8 Å². The summed E-state index contributed by atoms with van der Waals surface area (Å²) >= 11 is 0. The number of anilines is 1. The lowest BCUT2D eigenvalue weighted by atomic mass is 9.67. The number of carbonyl (C=O) groups excluding carboxylic acids is 2. The van der Waals surface area contributed by atoms with Crippen molar-refractivity contribution in [3.63, 3.8) is 0 Å². The molecule has 1 fully saturated rings. The fraction of sp³-hybridized carbons (Fsp3) is 0.375. The molecule has 0 spiro atoms. The Morgan fingerprint density at radius 2 is 1.62 bits per heavy atom. The van der Waals surface area contributed by atoms with Crippen molar-refractivity contribution in [1.82, 2.24) is 0 Å². The van der Waals surface area contributed by atoms with Crippen molar-refractivity contribution in [2.75, 3.05) is 5.32 Å². The number of carboxylic acid groups (broad SMARTS) is 1. The van der Waals surface area contributed by atoms with Gasteiger partial charge in [-0.25, -0.2) is 4.79 Å². The van der Waals surface area contributed by atoms with Gasteiger partial charge in [-0.15, -0.1) is 0 Å². The van der Waals surface area contributed by atoms with Crippen molar-refractivity contribution in [3.8, 4) is 11.5 Å². The lowest BCUT2D eigenvalue weighted by Gasteiger charge is -2.36. The number of rotatable bonds is 8. The molecule has 8 nitrogen and oxygen atoms in total. The molecule has 0 radical (unpaired) electrons. The molecule has 0 saturated heterocycles. The molecule has 0 unspecified atom stereocenters. The molecule has 2 aromatic carbocycles. The molecule has 32 heavy (non-hydrogen) atoms. The van der Waals surface area contributed by atoms with Crippen LogP contribution in [0.4, 0.5) is 5.69 Å². The molecule has 0 aliphatic heterocycles. The first-order valence-corrected chi connectivity index (χ1v) is 10.6. The SMILES string of the molecule is O=C(CCC1(C(=O)c2ccccc2)CCCCC1)Nc1c(O)c(CO)cc(C(=O)O)c1O. The fourth-order valence-electron chi connectivity index (χ4n) is 4.39. The van der Waals surface area contributed by atoms with Gasteiger partial charge in [0.2, 0.25) is 5.91 Å². The number of aliphatic hydroxyl groups excluding tert-OH is 1. The molecule has 1 aliphatic carbocycles. The summed E-state index contributed by atoms with van der Waals surface area (Å²) in [6.45, 7) is -0.677. The van der Waals surface area contributed by atoms with Crippen LogP contribution >= 0.6 is 0 Å². The fourth-order valence-corrected chi connectivity index (χ4v) is 4.39. The number of ketones is 1. The van der Waals surface area contributed by atoms with E-state index >= 15 is 0 Å². The second-order valence-corrected chi connectivity index (χ2v) is 8.20. The first kappa shape index (κ1) is 23.3. The monoisotopic (exact) mass is 441 g/mol. The number of Topliss-reactive ketones (excluding diaryl/α,β-unsaturated/α-hetero) is 1. The number of hydrogen-bond donors (Lipinski definition) is 5. The van der Waals surface area contributed by atoms with E-state index in [2.05, 4.69) is 5.32 Å². The molecule has 3 rings (SSSR count). The van der Waals surface area contributed by atoms with Gasteiger partial charge in [-0.1, -0.05) is 49.6 Å². The van der Waals surface area contributed by atoms with E-state index in [0.717, 1.165) is 25.3 Å². The highest BCUT2D eigenvalue weighted by Gasteiger charge is 2.39. The van der Waals surface area contributed by atoms with Crippen LogP contribution in [0.5, 0.6) is 11.5 Å². The van der Waals surface area contributed by atoms with Gasteiger partial charge in [0.1, 0.15) is 17.0 Å². The number of benzene rings is 2. The van der Waals surface area contributed by atoms with Gasteiger partial charge in [0.15, 0.2) is 11.5 Å². The van der Waals surface area contributed by atoms with Gasteiger partial charge < -0.3 is 25.7 Å². The zero-order valence-electron chi connectivity index (χ0n) is 17.6. The number of hydrogen-bond acceptors (Lipinski definition) is 6. The van der Waals surface area contributed by atoms with Crippen molar-refractivity contribution in [1.29, 1.82) is 0 Å². The summed E-state index contributed by atoms with van der Waals surface area (Å²) in [5.74, 6) is -3.44. The van der Waals surface area contributed by atoms with Crippen LogP contribution in [0.15, 0.2) is 36.4 Å². The summed E-state index contributed by atoms with van der Waals surface area (Å²) in [4.78, 5) is 37.3. The van der Waals surface area contributed by atoms with E-state index in [-0.39, 0.29) is 17.8 Å². The van der Waals surface area contributed by atoms with E-state index in [0.29, 0.717) is 24.8 Å². The third-order valence-corrected chi connectivity index (χ3v) is 6.18. The number of carbonyl (C=O) groups is 3. The summed E-state index contributed by atoms with van der Waals surface area (Å²) in [5.41, 5.74) is -1.22. The Labute approximate surface area is 185 Å². The van der Waals surface area contributed by atoms with Crippen molar-refractivity contribution in [2.24, 2.45) is 5.41 Å². The third-order valence-electron chi connectivity index (χ3n) is 6.18. The lowest BCUT2D eigenvalue weighted by Crippen LogP contribution is -2.34. The molecule has 0 heterocycles. The summed E-state index contributed by atoms with van der Waals surface area (Å²) in [6.07, 6.45) is 4.40. The predicted octanol–water partition coefficient (Wildman–Crippen LogP) is 3.84. The first-order valence-electron chi connectivity index (χ1n) is 10.6. The molecular formula is C24H27NO7. The van der Waals surface area contributed by atoms with Crippen LogP contribution in [0.2, 0.25) is 0 Å². The minimum absolute atomic E-state index is 0.00624. The zero-order chi connectivity index (χ0) is 23.3. The smallest absolute Gasteiger partial charge is 0.339 e. The Morgan fingerprint density at radius 3 is 2.22 bits per heavy atom. The minimum atomic E-state index is -1.47. The topological polar surface area (TPSA) is 144 Å². The molecule has 170 valence electrons. The van der Waals surface area contributed by atoms with Crippen molar-refractivity contribution in [2.45, 2.75) is 51.6 Å². The Hall–Kier alpha value is -3.39. The van der Waals surface area contributed by atoms with Gasteiger partial charge in [0, 0.05) is 23.0 Å². The average Bonchev–Trinajstić information content (AvgIpc) is 2.81. The van der Waals surface area contributed by atoms with Crippen LogP contribution in [0.25, 0.3) is 0 Å². The Balaban J connectivity index is 1.80. The summed E-state index contributed by atoms with van der Waals surface area (Å²) < 4.78 is 0. The predicted molar refractivity (Wildman–Crippen MR) is 117 cm³/mol. The zero-order valence-corrected chi connectivity index (χ0v) is 17.6. The third kappa shape index (κ3) is 4.75. The summed E-state index contributed by atoms with van der Waals surface area (Å²) in [6, 6.07) is 9.92. The molecule has 5 N–H and O–H groups in total. The second kappa shape index (κ2) is 9.82. The number of phenols is 2. The number of aromatic hydroxyl groups is 2. The number of amides is 1. The highest BCUT2D eigenvalue weighted by molar-refractivity contribution is 6.02. The Morgan fingerprint density at radius 1 is 0.969 bits per heavy atom. The van der Waals surface area contributed by atoms with Crippen LogP contribution in [-0.4, -0.2) is 38.1 Å². The second-order valence-electron chi connectivity index (χ2n) is 8.20. The van der Waals surface area contributed by atoms with E-state index < -0.39 is 46.6 Å². The largest absolute Gasteiger partial charge is 0.505 e. The molecule has 1 aliphatic rings. The number of carboxylic acids is 1. The van der Waals surface area contributed by atoms with Gasteiger partial charge in [0.05, 0.1) is 6.61 Å². The summed E-state index contributed by atoms with van der Waals surface area (Å²) in [5, 5.41) is 41.4. The van der Waals surface area contributed by atoms with E-state index in [4.69, 9.17) is 0 Å². The standard InChI is InChI=1S/C24H27NO7/c26-14-16-13-17(23(31)32)21(29)19(20(16)28)25-18(27)9-12-24(10-5-2-6-11-24)22(30)15-7-3-1-4-8-15/h1,3-4,7-8,13,26,28-29H,2,5-6,9-12,14H2,(H,25,27)(H,31,32). The molecule has 0 bridgehead atoms. The number of aromatic carboxylic acids is 1. The first-order chi connectivity index (χ1) is 15.3. The van der Waals surface area contributed by atoms with E-state index in [1.54, 1.807) is 24.3 Å². The van der Waals surface area contributed by atoms with Crippen LogP contribution in [0.1, 0.15) is 71.2 Å². The molecule has 2 aromatic rings. The molecule has 0 aromatic heterocycles. The number of nitrogens with one attached hydrogen (secondary N) is 1. The van der Waals surface area contributed by atoms with Crippen LogP contribution < -0.4 is 5.32 Å². The molecule has 8 heteroatoms. The molecule has 1 saturated carbocycles. The summed E-state index contributed by atoms with van der Waals surface area (Å²) in [7, 11) is 0. The highest BCUT2D eigenvalue weighted by atomic mass is 16.4. The maximum Gasteiger partial charge on any atom is 0.339 e. The van der Waals surface area contributed by atoms with Crippen molar-refractivity contribution >= 4 is 23.3 Å². The molecular weight excluding hydrogens is 414 g/mol. The number of aliphatic hydroxyl groups is 1. The van der Waals surface area contributed by atoms with Gasteiger partial charge >= 0.3 is 5.97 Å². The van der Waals surface area contributed by atoms with Crippen molar-refractivity contribution < 1.29 is 34.8 Å².